The van der Waals surface area contributed by atoms with E-state index in [-0.39, 0.29) is 17.4 Å². The molecule has 0 fully saturated rings. The molecule has 0 saturated carbocycles. The lowest BCUT2D eigenvalue weighted by Crippen LogP contribution is -2.69. The van der Waals surface area contributed by atoms with E-state index in [4.69, 9.17) is 0 Å². The van der Waals surface area contributed by atoms with Crippen LogP contribution in [-0.4, -0.2) is 29.4 Å². The van der Waals surface area contributed by atoms with Gasteiger partial charge in [0.2, 0.25) is 5.91 Å². The third-order valence-electron chi connectivity index (χ3n) is 2.53. The molecule has 104 valence electrons. The Labute approximate surface area is 116 Å². The number of aliphatic carboxylic acids is 1. The average Bonchev–Trinajstić information content (AvgIpc) is 2.39. The number of quaternary nitrogens is 1. The van der Waals surface area contributed by atoms with E-state index < -0.39 is 12.0 Å². The van der Waals surface area contributed by atoms with Crippen molar-refractivity contribution in [3.05, 3.63) is 29.8 Å². The molecule has 0 aromatic heterocycles. The summed E-state index contributed by atoms with van der Waals surface area (Å²) in [7, 11) is 0. The topological polar surface area (TPSA) is 96.9 Å². The zero-order valence-electron chi connectivity index (χ0n) is 10.8. The molecular weight excluding hydrogens is 264 g/mol. The largest absolute Gasteiger partial charge is 0.544 e. The third-order valence-corrected chi connectivity index (χ3v) is 3.64. The fourth-order valence-electron chi connectivity index (χ4n) is 1.38. The Kier molecular flexibility index (Phi) is 6.38. The summed E-state index contributed by atoms with van der Waals surface area (Å²) in [4.78, 5) is 22.0. The molecule has 19 heavy (non-hydrogen) atoms. The number of carboxylic acid groups (broad SMARTS) is 1. The normalized spacial score (nSPS) is 11.9. The van der Waals surface area contributed by atoms with Crippen LogP contribution in [0.25, 0.3) is 0 Å². The van der Waals surface area contributed by atoms with Crippen molar-refractivity contribution in [2.24, 2.45) is 0 Å². The maximum absolute atomic E-state index is 11.6. The van der Waals surface area contributed by atoms with Crippen LogP contribution < -0.4 is 16.2 Å². The monoisotopic (exact) mass is 282 g/mol. The van der Waals surface area contributed by atoms with Crippen LogP contribution >= 0.6 is 11.8 Å². The Bertz CT molecular complexity index is 434. The number of carbonyl (C=O) groups is 2. The highest BCUT2D eigenvalue weighted by Gasteiger charge is 2.09. The average molecular weight is 282 g/mol. The molecule has 0 spiro atoms. The van der Waals surface area contributed by atoms with Crippen molar-refractivity contribution in [2.75, 3.05) is 16.8 Å². The Morgan fingerprint density at radius 3 is 2.53 bits per heavy atom. The summed E-state index contributed by atoms with van der Waals surface area (Å²) in [6, 6.07) is 6.84. The van der Waals surface area contributed by atoms with Gasteiger partial charge in [0.05, 0.1) is 17.5 Å². The maximum Gasteiger partial charge on any atom is 0.234 e. The minimum atomic E-state index is -1.19. The fraction of sp³-hybridized carbons (Fsp3) is 0.385. The van der Waals surface area contributed by atoms with Crippen LogP contribution in [0, 0.1) is 0 Å². The molecular formula is C13H18N2O3S. The highest BCUT2D eigenvalue weighted by Crippen LogP contribution is 2.11. The lowest BCUT2D eigenvalue weighted by molar-refractivity contribution is -0.431. The molecule has 0 bridgehead atoms. The molecule has 0 aliphatic heterocycles. The van der Waals surface area contributed by atoms with Crippen molar-refractivity contribution >= 4 is 29.3 Å². The van der Waals surface area contributed by atoms with E-state index in [1.165, 1.54) is 17.3 Å². The first-order chi connectivity index (χ1) is 9.02. The molecule has 1 rings (SSSR count). The molecule has 0 aliphatic carbocycles. The second-order valence-electron chi connectivity index (χ2n) is 4.13. The number of amides is 1. The zero-order valence-corrected chi connectivity index (χ0v) is 11.7. The Morgan fingerprint density at radius 1 is 1.37 bits per heavy atom. The highest BCUT2D eigenvalue weighted by molar-refractivity contribution is 8.00. The Morgan fingerprint density at radius 2 is 2.00 bits per heavy atom. The summed E-state index contributed by atoms with van der Waals surface area (Å²) in [5.74, 6) is -0.873. The lowest BCUT2D eigenvalue weighted by atomic mass is 10.1. The number of hydrogen-bond acceptors (Lipinski definition) is 4. The number of rotatable bonds is 7. The predicted molar refractivity (Wildman–Crippen MR) is 73.5 cm³/mol. The second-order valence-corrected chi connectivity index (χ2v) is 5.16. The summed E-state index contributed by atoms with van der Waals surface area (Å²) in [5.41, 5.74) is 5.38. The first-order valence-corrected chi connectivity index (χ1v) is 7.19. The van der Waals surface area contributed by atoms with Gasteiger partial charge in [-0.3, -0.25) is 4.79 Å². The van der Waals surface area contributed by atoms with Crippen LogP contribution in [0.3, 0.4) is 0 Å². The maximum atomic E-state index is 11.6. The lowest BCUT2D eigenvalue weighted by Gasteiger charge is -2.09. The fourth-order valence-corrected chi connectivity index (χ4v) is 2.18. The quantitative estimate of drug-likeness (QED) is 0.690. The van der Waals surface area contributed by atoms with Crippen LogP contribution in [-0.2, 0) is 16.0 Å². The van der Waals surface area contributed by atoms with Crippen molar-refractivity contribution in [3.8, 4) is 0 Å². The first kappa shape index (κ1) is 15.5. The van der Waals surface area contributed by atoms with E-state index in [1.807, 2.05) is 24.3 Å². The van der Waals surface area contributed by atoms with E-state index in [9.17, 15) is 14.7 Å². The van der Waals surface area contributed by atoms with Gasteiger partial charge >= 0.3 is 0 Å². The van der Waals surface area contributed by atoms with Gasteiger partial charge in [0, 0.05) is 5.69 Å². The molecule has 0 heterocycles. The molecule has 1 atom stereocenters. The third kappa shape index (κ3) is 5.76. The van der Waals surface area contributed by atoms with Gasteiger partial charge in [-0.15, -0.1) is 11.8 Å². The van der Waals surface area contributed by atoms with Crippen molar-refractivity contribution in [2.45, 2.75) is 19.4 Å². The van der Waals surface area contributed by atoms with Gasteiger partial charge in [-0.05, 0) is 24.1 Å². The number of thioether (sulfide) groups is 1. The van der Waals surface area contributed by atoms with E-state index >= 15 is 0 Å². The predicted octanol–water partition coefficient (Wildman–Crippen LogP) is -0.719. The highest BCUT2D eigenvalue weighted by atomic mass is 32.2. The summed E-state index contributed by atoms with van der Waals surface area (Å²) in [6.45, 7) is 2.07. The summed E-state index contributed by atoms with van der Waals surface area (Å²) >= 11 is 1.23. The van der Waals surface area contributed by atoms with E-state index in [0.717, 1.165) is 12.1 Å². The number of nitrogens with one attached hydrogen (secondary N) is 1. The molecule has 0 unspecified atom stereocenters. The molecule has 1 aromatic carbocycles. The summed E-state index contributed by atoms with van der Waals surface area (Å²) < 4.78 is 0. The van der Waals surface area contributed by atoms with Crippen molar-refractivity contribution in [3.63, 3.8) is 0 Å². The van der Waals surface area contributed by atoms with Crippen molar-refractivity contribution < 1.29 is 20.4 Å². The van der Waals surface area contributed by atoms with Gasteiger partial charge in [0.15, 0.2) is 0 Å². The summed E-state index contributed by atoms with van der Waals surface area (Å²) in [6.07, 6.45) is 0.957. The van der Waals surface area contributed by atoms with Crippen LogP contribution in [0.4, 0.5) is 5.69 Å². The molecule has 0 radical (unpaired) electrons. The van der Waals surface area contributed by atoms with Crippen LogP contribution in [0.1, 0.15) is 12.5 Å². The first-order valence-electron chi connectivity index (χ1n) is 6.03. The van der Waals surface area contributed by atoms with E-state index in [2.05, 4.69) is 18.0 Å². The van der Waals surface area contributed by atoms with Gasteiger partial charge in [-0.2, -0.15) is 0 Å². The molecule has 4 N–H and O–H groups in total. The number of aryl methyl sites for hydroxylation is 1. The molecule has 1 amide bonds. The Hall–Kier alpha value is -1.53. The van der Waals surface area contributed by atoms with Crippen LogP contribution in [0.15, 0.2) is 24.3 Å². The van der Waals surface area contributed by atoms with Crippen LogP contribution in [0.2, 0.25) is 0 Å². The number of hydrogen-bond donors (Lipinski definition) is 2. The summed E-state index contributed by atoms with van der Waals surface area (Å²) in [5, 5.41) is 13.2. The molecule has 6 heteroatoms. The SMILES string of the molecule is CCc1ccc(NC(=O)CSC[C@H]([NH3+])C(=O)[O-])cc1. The minimum absolute atomic E-state index is 0.153. The Balaban J connectivity index is 2.32. The van der Waals surface area contributed by atoms with Gasteiger partial charge in [0.1, 0.15) is 6.04 Å². The van der Waals surface area contributed by atoms with Crippen LogP contribution in [0.5, 0.6) is 0 Å². The number of benzene rings is 1. The van der Waals surface area contributed by atoms with E-state index in [1.54, 1.807) is 0 Å². The van der Waals surface area contributed by atoms with Gasteiger partial charge in [-0.1, -0.05) is 19.1 Å². The molecule has 0 saturated heterocycles. The number of carboxylic acids is 1. The number of carbonyl (C=O) groups excluding carboxylic acids is 2. The van der Waals surface area contributed by atoms with Gasteiger partial charge < -0.3 is 21.0 Å². The smallest absolute Gasteiger partial charge is 0.234 e. The van der Waals surface area contributed by atoms with Gasteiger partial charge in [0.25, 0.3) is 0 Å². The molecule has 5 nitrogen and oxygen atoms in total. The van der Waals surface area contributed by atoms with Crippen molar-refractivity contribution in [1.29, 1.82) is 0 Å². The molecule has 0 aliphatic rings. The molecule has 1 aromatic rings. The van der Waals surface area contributed by atoms with Gasteiger partial charge in [-0.25, -0.2) is 0 Å². The minimum Gasteiger partial charge on any atom is -0.544 e. The number of anilines is 1. The standard InChI is InChI=1S/C13H18N2O3S/c1-2-9-3-5-10(6-4-9)15-12(16)8-19-7-11(14)13(17)18/h3-6,11H,2,7-8,14H2,1H3,(H,15,16)(H,17,18)/t11-/m0/s1. The second kappa shape index (κ2) is 7.81. The van der Waals surface area contributed by atoms with E-state index in [0.29, 0.717) is 0 Å². The van der Waals surface area contributed by atoms with Crippen molar-refractivity contribution in [1.82, 2.24) is 0 Å². The zero-order chi connectivity index (χ0) is 14.3.